The molecule has 0 radical (unpaired) electrons. The largest absolute Gasteiger partial charge is 0.310 e. The molecular weight excluding hydrogens is 338 g/mol. The van der Waals surface area contributed by atoms with Crippen molar-refractivity contribution in [3.05, 3.63) is 72.7 Å². The van der Waals surface area contributed by atoms with Crippen molar-refractivity contribution in [1.82, 2.24) is 19.5 Å². The Morgan fingerprint density at radius 2 is 1.81 bits per heavy atom. The van der Waals surface area contributed by atoms with Crippen LogP contribution >= 0.6 is 0 Å². The van der Waals surface area contributed by atoms with Gasteiger partial charge in [-0.2, -0.15) is 0 Å². The monoisotopic (exact) mass is 355 g/mol. The van der Waals surface area contributed by atoms with E-state index in [9.17, 15) is 4.79 Å². The maximum absolute atomic E-state index is 12.9. The Labute approximate surface area is 156 Å². The van der Waals surface area contributed by atoms with E-state index < -0.39 is 0 Å². The standard InChI is InChI=1S/C21H17N5O/c27-19(26-11-10-15-6-4-5-9-18(15)26)13-25-14-23-17-12-22-20(24-21(17)25)16-7-2-1-3-8-16/h1-9,12,14H,10-11,13H2. The van der Waals surface area contributed by atoms with E-state index in [1.165, 1.54) is 5.56 Å². The number of nitrogens with zero attached hydrogens (tertiary/aromatic N) is 5. The Morgan fingerprint density at radius 3 is 2.70 bits per heavy atom. The van der Waals surface area contributed by atoms with E-state index in [2.05, 4.69) is 21.0 Å². The first-order valence-corrected chi connectivity index (χ1v) is 8.91. The van der Waals surface area contributed by atoms with Gasteiger partial charge in [-0.3, -0.25) is 4.79 Å². The van der Waals surface area contributed by atoms with Gasteiger partial charge in [0, 0.05) is 17.8 Å². The minimum absolute atomic E-state index is 0.0409. The van der Waals surface area contributed by atoms with Gasteiger partial charge in [-0.15, -0.1) is 0 Å². The number of imidazole rings is 1. The third-order valence-corrected chi connectivity index (χ3v) is 4.88. The second-order valence-corrected chi connectivity index (χ2v) is 6.57. The van der Waals surface area contributed by atoms with Crippen LogP contribution in [0.1, 0.15) is 5.56 Å². The van der Waals surface area contributed by atoms with Gasteiger partial charge < -0.3 is 9.47 Å². The number of benzene rings is 2. The Kier molecular flexibility index (Phi) is 3.67. The van der Waals surface area contributed by atoms with Crippen LogP contribution in [0.15, 0.2) is 67.1 Å². The van der Waals surface area contributed by atoms with Crippen LogP contribution in [-0.2, 0) is 17.8 Å². The molecule has 1 aliphatic heterocycles. The number of para-hydroxylation sites is 1. The molecule has 0 unspecified atom stereocenters. The molecule has 2 aromatic carbocycles. The number of hydrogen-bond acceptors (Lipinski definition) is 4. The number of fused-ring (bicyclic) bond motifs is 2. The Balaban J connectivity index is 1.46. The molecule has 1 amide bonds. The molecule has 0 aliphatic carbocycles. The average Bonchev–Trinajstić information content (AvgIpc) is 3.32. The predicted octanol–water partition coefficient (Wildman–Crippen LogP) is 3.08. The zero-order chi connectivity index (χ0) is 18.2. The molecular formula is C21H17N5O. The Bertz CT molecular complexity index is 1140. The van der Waals surface area contributed by atoms with Crippen LogP contribution in [0.25, 0.3) is 22.6 Å². The summed E-state index contributed by atoms with van der Waals surface area (Å²) in [5.41, 5.74) is 4.52. The van der Waals surface area contributed by atoms with Gasteiger partial charge in [-0.05, 0) is 18.1 Å². The van der Waals surface area contributed by atoms with Crippen molar-refractivity contribution in [2.24, 2.45) is 0 Å². The third kappa shape index (κ3) is 2.75. The van der Waals surface area contributed by atoms with Crippen LogP contribution in [0.2, 0.25) is 0 Å². The molecule has 3 heterocycles. The molecule has 0 bridgehead atoms. The predicted molar refractivity (Wildman–Crippen MR) is 103 cm³/mol. The smallest absolute Gasteiger partial charge is 0.247 e. The minimum Gasteiger partial charge on any atom is -0.310 e. The van der Waals surface area contributed by atoms with Crippen LogP contribution in [0, 0.1) is 0 Å². The lowest BCUT2D eigenvalue weighted by Gasteiger charge is -2.17. The van der Waals surface area contributed by atoms with Gasteiger partial charge in [0.1, 0.15) is 12.1 Å². The molecule has 0 atom stereocenters. The lowest BCUT2D eigenvalue weighted by atomic mass is 10.2. The van der Waals surface area contributed by atoms with Gasteiger partial charge in [-0.1, -0.05) is 48.5 Å². The fourth-order valence-corrected chi connectivity index (χ4v) is 3.53. The maximum atomic E-state index is 12.9. The summed E-state index contributed by atoms with van der Waals surface area (Å²) < 4.78 is 1.80. The van der Waals surface area contributed by atoms with Gasteiger partial charge >= 0.3 is 0 Å². The van der Waals surface area contributed by atoms with Crippen LogP contribution < -0.4 is 4.90 Å². The van der Waals surface area contributed by atoms with E-state index in [0.717, 1.165) is 24.2 Å². The van der Waals surface area contributed by atoms with Crippen molar-refractivity contribution in [1.29, 1.82) is 0 Å². The first-order valence-electron chi connectivity index (χ1n) is 8.91. The fraction of sp³-hybridized carbons (Fsp3) is 0.143. The number of carbonyl (C=O) groups is 1. The van der Waals surface area contributed by atoms with E-state index in [1.807, 2.05) is 53.4 Å². The Hall–Kier alpha value is -3.54. The summed E-state index contributed by atoms with van der Waals surface area (Å²) in [6.45, 7) is 0.922. The van der Waals surface area contributed by atoms with Crippen LogP contribution in [0.4, 0.5) is 5.69 Å². The number of rotatable bonds is 3. The number of anilines is 1. The molecule has 0 fully saturated rings. The zero-order valence-corrected chi connectivity index (χ0v) is 14.6. The zero-order valence-electron chi connectivity index (χ0n) is 14.6. The summed E-state index contributed by atoms with van der Waals surface area (Å²) in [7, 11) is 0. The van der Waals surface area contributed by atoms with Gasteiger partial charge in [0.25, 0.3) is 0 Å². The highest BCUT2D eigenvalue weighted by Gasteiger charge is 2.24. The lowest BCUT2D eigenvalue weighted by molar-refractivity contribution is -0.119. The number of aromatic nitrogens is 4. The SMILES string of the molecule is O=C(Cn1cnc2cnc(-c3ccccc3)nc21)N1CCc2ccccc21. The molecule has 5 rings (SSSR count). The fourth-order valence-electron chi connectivity index (χ4n) is 3.53. The molecule has 0 saturated carbocycles. The normalized spacial score (nSPS) is 13.1. The van der Waals surface area contributed by atoms with Gasteiger partial charge in [0.15, 0.2) is 11.5 Å². The number of hydrogen-bond donors (Lipinski definition) is 0. The Morgan fingerprint density at radius 1 is 1.00 bits per heavy atom. The van der Waals surface area contributed by atoms with E-state index in [1.54, 1.807) is 17.1 Å². The van der Waals surface area contributed by atoms with Gasteiger partial charge in [0.05, 0.1) is 12.5 Å². The van der Waals surface area contributed by atoms with E-state index in [0.29, 0.717) is 17.0 Å². The van der Waals surface area contributed by atoms with Crippen molar-refractivity contribution in [3.63, 3.8) is 0 Å². The van der Waals surface area contributed by atoms with Crippen LogP contribution in [0.5, 0.6) is 0 Å². The molecule has 27 heavy (non-hydrogen) atoms. The minimum atomic E-state index is 0.0409. The molecule has 6 heteroatoms. The summed E-state index contributed by atoms with van der Waals surface area (Å²) in [4.78, 5) is 28.1. The molecule has 1 aliphatic rings. The van der Waals surface area contributed by atoms with E-state index in [-0.39, 0.29) is 12.5 Å². The highest BCUT2D eigenvalue weighted by atomic mass is 16.2. The van der Waals surface area contributed by atoms with Crippen molar-refractivity contribution >= 4 is 22.8 Å². The molecule has 132 valence electrons. The topological polar surface area (TPSA) is 63.9 Å². The van der Waals surface area contributed by atoms with Crippen molar-refractivity contribution in [2.75, 3.05) is 11.4 Å². The summed E-state index contributed by atoms with van der Waals surface area (Å²) in [6.07, 6.45) is 4.26. The highest BCUT2D eigenvalue weighted by Crippen LogP contribution is 2.28. The van der Waals surface area contributed by atoms with E-state index >= 15 is 0 Å². The molecule has 0 saturated heterocycles. The quantitative estimate of drug-likeness (QED) is 0.566. The molecule has 6 nitrogen and oxygen atoms in total. The van der Waals surface area contributed by atoms with Crippen LogP contribution in [0.3, 0.4) is 0 Å². The number of amides is 1. The molecule has 0 N–H and O–H groups in total. The van der Waals surface area contributed by atoms with Crippen LogP contribution in [-0.4, -0.2) is 32.0 Å². The summed E-state index contributed by atoms with van der Waals surface area (Å²) in [6, 6.07) is 17.9. The first-order chi connectivity index (χ1) is 13.3. The van der Waals surface area contributed by atoms with Gasteiger partial charge in [-0.25, -0.2) is 15.0 Å². The second-order valence-electron chi connectivity index (χ2n) is 6.57. The summed E-state index contributed by atoms with van der Waals surface area (Å²) in [5.74, 6) is 0.669. The first kappa shape index (κ1) is 15.7. The summed E-state index contributed by atoms with van der Waals surface area (Å²) in [5, 5.41) is 0. The van der Waals surface area contributed by atoms with Gasteiger partial charge in [0.2, 0.25) is 5.91 Å². The van der Waals surface area contributed by atoms with Crippen molar-refractivity contribution in [3.8, 4) is 11.4 Å². The maximum Gasteiger partial charge on any atom is 0.247 e. The molecule has 2 aromatic heterocycles. The highest BCUT2D eigenvalue weighted by molar-refractivity contribution is 5.95. The van der Waals surface area contributed by atoms with E-state index in [4.69, 9.17) is 0 Å². The molecule has 4 aromatic rings. The second kappa shape index (κ2) is 6.32. The van der Waals surface area contributed by atoms with Crippen molar-refractivity contribution < 1.29 is 4.79 Å². The van der Waals surface area contributed by atoms with Crippen molar-refractivity contribution in [2.45, 2.75) is 13.0 Å². The molecule has 0 spiro atoms. The summed E-state index contributed by atoms with van der Waals surface area (Å²) >= 11 is 0. The average molecular weight is 355 g/mol. The lowest BCUT2D eigenvalue weighted by Crippen LogP contribution is -2.32. The third-order valence-electron chi connectivity index (χ3n) is 4.88. The number of carbonyl (C=O) groups excluding carboxylic acids is 1.